The Kier molecular flexibility index (Phi) is 4.53. The lowest BCUT2D eigenvalue weighted by Gasteiger charge is -2.34. The first-order chi connectivity index (χ1) is 13.0. The van der Waals surface area contributed by atoms with Gasteiger partial charge in [-0.15, -0.1) is 0 Å². The molecule has 2 aromatic carbocycles. The van der Waals surface area contributed by atoms with Crippen molar-refractivity contribution in [2.45, 2.75) is 23.9 Å². The average molecular weight is 389 g/mol. The van der Waals surface area contributed by atoms with Crippen LogP contribution in [-0.2, 0) is 32.5 Å². The van der Waals surface area contributed by atoms with Crippen molar-refractivity contribution in [3.05, 3.63) is 53.6 Å². The molecule has 142 valence electrons. The molecule has 2 heterocycles. The number of esters is 1. The molecule has 0 bridgehead atoms. The van der Waals surface area contributed by atoms with Crippen molar-refractivity contribution in [1.29, 1.82) is 0 Å². The predicted molar refractivity (Wildman–Crippen MR) is 96.1 cm³/mol. The zero-order valence-corrected chi connectivity index (χ0v) is 15.6. The topological polar surface area (TPSA) is 82.1 Å². The number of ether oxygens (including phenoxy) is 3. The van der Waals surface area contributed by atoms with Crippen LogP contribution >= 0.6 is 0 Å². The van der Waals surface area contributed by atoms with Crippen molar-refractivity contribution in [3.8, 4) is 11.5 Å². The van der Waals surface area contributed by atoms with E-state index in [-0.39, 0.29) is 17.9 Å². The Labute approximate surface area is 157 Å². The molecule has 4 rings (SSSR count). The molecule has 0 N–H and O–H groups in total. The number of hydrogen-bond donors (Lipinski definition) is 0. The predicted octanol–water partition coefficient (Wildman–Crippen LogP) is 1.75. The molecule has 0 fully saturated rings. The Bertz CT molecular complexity index is 987. The fraction of sp³-hybridized carbons (Fsp3) is 0.316. The van der Waals surface area contributed by atoms with Crippen molar-refractivity contribution in [1.82, 2.24) is 4.31 Å². The number of benzene rings is 2. The molecule has 0 saturated carbocycles. The van der Waals surface area contributed by atoms with Crippen LogP contribution in [-0.4, -0.2) is 45.1 Å². The van der Waals surface area contributed by atoms with Crippen LogP contribution in [0.1, 0.15) is 11.1 Å². The van der Waals surface area contributed by atoms with Gasteiger partial charge in [-0.25, -0.2) is 8.42 Å². The Morgan fingerprint density at radius 2 is 1.78 bits per heavy atom. The van der Waals surface area contributed by atoms with Crippen LogP contribution in [0, 0.1) is 0 Å². The molecular formula is C19H19NO6S. The molecular weight excluding hydrogens is 370 g/mol. The highest BCUT2D eigenvalue weighted by Crippen LogP contribution is 2.35. The first kappa shape index (κ1) is 17.8. The number of carbonyl (C=O) groups is 1. The maximum absolute atomic E-state index is 13.3. The van der Waals surface area contributed by atoms with Crippen LogP contribution in [0.3, 0.4) is 0 Å². The first-order valence-corrected chi connectivity index (χ1v) is 10.0. The molecule has 1 atom stereocenters. The number of sulfonamides is 1. The van der Waals surface area contributed by atoms with Crippen LogP contribution in [0.4, 0.5) is 0 Å². The van der Waals surface area contributed by atoms with E-state index in [4.69, 9.17) is 14.2 Å². The molecule has 27 heavy (non-hydrogen) atoms. The molecule has 0 radical (unpaired) electrons. The number of nitrogens with zero attached hydrogens (tertiary/aromatic N) is 1. The van der Waals surface area contributed by atoms with Gasteiger partial charge in [-0.1, -0.05) is 24.3 Å². The van der Waals surface area contributed by atoms with Gasteiger partial charge in [0.1, 0.15) is 19.3 Å². The largest absolute Gasteiger partial charge is 0.486 e. The van der Waals surface area contributed by atoms with Crippen molar-refractivity contribution in [2.75, 3.05) is 20.3 Å². The van der Waals surface area contributed by atoms with Crippen LogP contribution in [0.25, 0.3) is 0 Å². The summed E-state index contributed by atoms with van der Waals surface area (Å²) in [7, 11) is -2.68. The lowest BCUT2D eigenvalue weighted by molar-refractivity contribution is -0.145. The van der Waals surface area contributed by atoms with Gasteiger partial charge < -0.3 is 14.2 Å². The molecule has 0 saturated heterocycles. The third-order valence-corrected chi connectivity index (χ3v) is 6.65. The molecule has 0 aromatic heterocycles. The van der Waals surface area contributed by atoms with Crippen molar-refractivity contribution in [3.63, 3.8) is 0 Å². The van der Waals surface area contributed by atoms with Gasteiger partial charge in [0.25, 0.3) is 0 Å². The van der Waals surface area contributed by atoms with Crippen molar-refractivity contribution >= 4 is 16.0 Å². The quantitative estimate of drug-likeness (QED) is 0.744. The van der Waals surface area contributed by atoms with Crippen molar-refractivity contribution in [2.24, 2.45) is 0 Å². The number of carbonyl (C=O) groups excluding carboxylic acids is 1. The zero-order valence-electron chi connectivity index (χ0n) is 14.8. The Morgan fingerprint density at radius 1 is 1.07 bits per heavy atom. The third kappa shape index (κ3) is 3.15. The monoisotopic (exact) mass is 389 g/mol. The summed E-state index contributed by atoms with van der Waals surface area (Å²) in [6, 6.07) is 11.1. The van der Waals surface area contributed by atoms with E-state index in [9.17, 15) is 13.2 Å². The number of rotatable bonds is 3. The number of fused-ring (bicyclic) bond motifs is 2. The highest BCUT2D eigenvalue weighted by molar-refractivity contribution is 7.89. The maximum atomic E-state index is 13.3. The van der Waals surface area contributed by atoms with Gasteiger partial charge in [-0.2, -0.15) is 4.31 Å². The van der Waals surface area contributed by atoms with Gasteiger partial charge in [-0.05, 0) is 23.3 Å². The summed E-state index contributed by atoms with van der Waals surface area (Å²) in [4.78, 5) is 12.4. The van der Waals surface area contributed by atoms with Gasteiger partial charge in [0.2, 0.25) is 10.0 Å². The minimum atomic E-state index is -3.95. The first-order valence-electron chi connectivity index (χ1n) is 8.57. The van der Waals surface area contributed by atoms with Crippen molar-refractivity contribution < 1.29 is 27.4 Å². The molecule has 0 unspecified atom stereocenters. The molecule has 2 aliphatic rings. The van der Waals surface area contributed by atoms with E-state index < -0.39 is 22.0 Å². The smallest absolute Gasteiger partial charge is 0.324 e. The number of hydrogen-bond acceptors (Lipinski definition) is 6. The minimum absolute atomic E-state index is 0.0556. The summed E-state index contributed by atoms with van der Waals surface area (Å²) in [6.45, 7) is 0.886. The Balaban J connectivity index is 1.75. The fourth-order valence-corrected chi connectivity index (χ4v) is 4.98. The summed E-state index contributed by atoms with van der Waals surface area (Å²) in [5.74, 6) is 0.314. The third-order valence-electron chi connectivity index (χ3n) is 4.80. The van der Waals surface area contributed by atoms with Gasteiger partial charge in [0, 0.05) is 19.0 Å². The molecule has 0 aliphatic carbocycles. The molecule has 7 nitrogen and oxygen atoms in total. The molecule has 0 spiro atoms. The van der Waals surface area contributed by atoms with E-state index in [0.717, 1.165) is 11.1 Å². The van der Waals surface area contributed by atoms with E-state index in [2.05, 4.69) is 0 Å². The lowest BCUT2D eigenvalue weighted by atomic mass is 9.96. The van der Waals surface area contributed by atoms with Crippen LogP contribution in [0.5, 0.6) is 11.5 Å². The summed E-state index contributed by atoms with van der Waals surface area (Å²) in [5.41, 5.74) is 1.82. The summed E-state index contributed by atoms with van der Waals surface area (Å²) in [6.07, 6.45) is 0.270. The van der Waals surface area contributed by atoms with Gasteiger partial charge in [0.05, 0.1) is 12.0 Å². The summed E-state index contributed by atoms with van der Waals surface area (Å²) in [5, 5.41) is 0. The molecule has 2 aromatic rings. The van der Waals surface area contributed by atoms with Crippen LogP contribution < -0.4 is 9.47 Å². The molecule has 0 amide bonds. The van der Waals surface area contributed by atoms with Gasteiger partial charge in [0.15, 0.2) is 11.5 Å². The second-order valence-corrected chi connectivity index (χ2v) is 8.26. The lowest BCUT2D eigenvalue weighted by Crippen LogP contribution is -2.49. The number of methoxy groups -OCH3 is 1. The zero-order chi connectivity index (χ0) is 19.0. The van der Waals surface area contributed by atoms with E-state index in [1.54, 1.807) is 6.07 Å². The summed E-state index contributed by atoms with van der Waals surface area (Å²) >= 11 is 0. The van der Waals surface area contributed by atoms with E-state index in [0.29, 0.717) is 24.7 Å². The standard InChI is InChI=1S/C19H19NO6S/c1-24-19(21)16-10-13-4-2-3-5-14(13)12-20(16)27(22,23)15-6-7-17-18(11-15)26-9-8-25-17/h2-7,11,16H,8-10,12H2,1H3/t16-/m0/s1. The second-order valence-electron chi connectivity index (χ2n) is 6.37. The SMILES string of the molecule is COC(=O)[C@@H]1Cc2ccccc2CN1S(=O)(=O)c1ccc2c(c1)OCCO2. The van der Waals surface area contributed by atoms with Crippen LogP contribution in [0.15, 0.2) is 47.4 Å². The highest BCUT2D eigenvalue weighted by Gasteiger charge is 2.40. The van der Waals surface area contributed by atoms with Gasteiger partial charge >= 0.3 is 5.97 Å². The molecule has 2 aliphatic heterocycles. The Hall–Kier alpha value is -2.58. The Morgan fingerprint density at radius 3 is 2.52 bits per heavy atom. The highest BCUT2D eigenvalue weighted by atomic mass is 32.2. The van der Waals surface area contributed by atoms with Crippen LogP contribution in [0.2, 0.25) is 0 Å². The van der Waals surface area contributed by atoms with E-state index in [1.165, 1.54) is 23.5 Å². The maximum Gasteiger partial charge on any atom is 0.324 e. The molecule has 8 heteroatoms. The minimum Gasteiger partial charge on any atom is -0.486 e. The van der Waals surface area contributed by atoms with E-state index in [1.807, 2.05) is 24.3 Å². The summed E-state index contributed by atoms with van der Waals surface area (Å²) < 4.78 is 43.7. The second kappa shape index (κ2) is 6.86. The normalized spacial score (nSPS) is 19.2. The fourth-order valence-electron chi connectivity index (χ4n) is 3.41. The average Bonchev–Trinajstić information content (AvgIpc) is 2.71. The van der Waals surface area contributed by atoms with Gasteiger partial charge in [-0.3, -0.25) is 4.79 Å². The van der Waals surface area contributed by atoms with E-state index >= 15 is 0 Å².